The van der Waals surface area contributed by atoms with E-state index in [4.69, 9.17) is 5.11 Å². The van der Waals surface area contributed by atoms with E-state index in [9.17, 15) is 0 Å². The Labute approximate surface area is 82.7 Å². The van der Waals surface area contributed by atoms with Crippen molar-refractivity contribution in [3.63, 3.8) is 0 Å². The first-order valence-electron chi connectivity index (χ1n) is 4.50. The lowest BCUT2D eigenvalue weighted by molar-refractivity contribution is 0.233. The maximum absolute atomic E-state index is 8.78. The summed E-state index contributed by atoms with van der Waals surface area (Å²) in [6.45, 7) is 2.64. The third-order valence-corrected chi connectivity index (χ3v) is 4.34. The van der Waals surface area contributed by atoms with Gasteiger partial charge in [0.1, 0.15) is 0 Å². The van der Waals surface area contributed by atoms with Crippen molar-refractivity contribution in [1.82, 2.24) is 0 Å². The third-order valence-electron chi connectivity index (χ3n) is 2.80. The van der Waals surface area contributed by atoms with E-state index in [0.29, 0.717) is 6.61 Å². The van der Waals surface area contributed by atoms with Gasteiger partial charge >= 0.3 is 0 Å². The molecular weight excluding hydrogens is 251 g/mol. The second kappa shape index (κ2) is 4.65. The van der Waals surface area contributed by atoms with Gasteiger partial charge in [-0.2, -0.15) is 0 Å². The third kappa shape index (κ3) is 2.58. The number of rotatable bonds is 3. The van der Waals surface area contributed by atoms with E-state index in [1.54, 1.807) is 0 Å². The monoisotopic (exact) mass is 268 g/mol. The lowest BCUT2D eigenvalue weighted by Crippen LogP contribution is -2.17. The minimum atomic E-state index is 0.362. The van der Waals surface area contributed by atoms with Crippen LogP contribution >= 0.6 is 22.6 Å². The molecule has 0 heterocycles. The van der Waals surface area contributed by atoms with Gasteiger partial charge in [-0.25, -0.2) is 0 Å². The summed E-state index contributed by atoms with van der Waals surface area (Å²) >= 11 is 2.57. The molecule has 3 atom stereocenters. The minimum Gasteiger partial charge on any atom is -0.396 e. The fraction of sp³-hybridized carbons (Fsp3) is 1.00. The van der Waals surface area contributed by atoms with E-state index >= 15 is 0 Å². The molecule has 0 radical (unpaired) electrons. The van der Waals surface area contributed by atoms with E-state index < -0.39 is 0 Å². The van der Waals surface area contributed by atoms with Gasteiger partial charge in [0, 0.05) is 10.5 Å². The maximum atomic E-state index is 8.78. The van der Waals surface area contributed by atoms with Gasteiger partial charge in [-0.05, 0) is 31.1 Å². The molecule has 1 rings (SSSR count). The van der Waals surface area contributed by atoms with Gasteiger partial charge in [0.25, 0.3) is 0 Å². The normalized spacial score (nSPS) is 34.1. The number of halogens is 1. The Hall–Kier alpha value is 0.690. The molecule has 11 heavy (non-hydrogen) atoms. The first-order valence-corrected chi connectivity index (χ1v) is 5.75. The van der Waals surface area contributed by atoms with E-state index in [1.165, 1.54) is 19.3 Å². The van der Waals surface area contributed by atoms with E-state index in [-0.39, 0.29) is 0 Å². The van der Waals surface area contributed by atoms with Crippen LogP contribution < -0.4 is 0 Å². The van der Waals surface area contributed by atoms with Crippen LogP contribution in [-0.2, 0) is 0 Å². The predicted octanol–water partition coefficient (Wildman–Crippen LogP) is 2.61. The van der Waals surface area contributed by atoms with Crippen molar-refractivity contribution >= 4 is 22.6 Å². The van der Waals surface area contributed by atoms with Crippen LogP contribution in [0.1, 0.15) is 32.6 Å². The summed E-state index contributed by atoms with van der Waals surface area (Å²) in [4.78, 5) is 0. The van der Waals surface area contributed by atoms with Crippen molar-refractivity contribution in [3.8, 4) is 0 Å². The zero-order valence-corrected chi connectivity index (χ0v) is 9.25. The summed E-state index contributed by atoms with van der Waals surface area (Å²) < 4.78 is 0.870. The summed E-state index contributed by atoms with van der Waals surface area (Å²) in [6.07, 6.45) is 5.16. The minimum absolute atomic E-state index is 0.362. The number of aliphatic hydroxyl groups is 1. The van der Waals surface area contributed by atoms with Gasteiger partial charge in [-0.1, -0.05) is 35.9 Å². The molecule has 1 fully saturated rings. The van der Waals surface area contributed by atoms with Crippen molar-refractivity contribution in [2.75, 3.05) is 6.61 Å². The van der Waals surface area contributed by atoms with Gasteiger partial charge in [0.05, 0.1) is 0 Å². The lowest BCUT2D eigenvalue weighted by atomic mass is 9.90. The highest BCUT2D eigenvalue weighted by Gasteiger charge is 2.28. The molecule has 0 spiro atoms. The van der Waals surface area contributed by atoms with Crippen molar-refractivity contribution in [3.05, 3.63) is 0 Å². The molecule has 0 aromatic heterocycles. The first-order chi connectivity index (χ1) is 5.25. The van der Waals surface area contributed by atoms with Crippen molar-refractivity contribution in [1.29, 1.82) is 0 Å². The van der Waals surface area contributed by atoms with Crippen LogP contribution in [0.25, 0.3) is 0 Å². The smallest absolute Gasteiger partial charge is 0.0433 e. The lowest BCUT2D eigenvalue weighted by Gasteiger charge is -2.21. The Morgan fingerprint density at radius 3 is 2.73 bits per heavy atom. The van der Waals surface area contributed by atoms with Crippen LogP contribution in [0.2, 0.25) is 0 Å². The highest BCUT2D eigenvalue weighted by atomic mass is 127. The molecule has 2 unspecified atom stereocenters. The van der Waals surface area contributed by atoms with Gasteiger partial charge in [-0.3, -0.25) is 0 Å². The van der Waals surface area contributed by atoms with Crippen LogP contribution in [0.5, 0.6) is 0 Å². The average molecular weight is 268 g/mol. The zero-order valence-electron chi connectivity index (χ0n) is 7.09. The number of alkyl halides is 1. The van der Waals surface area contributed by atoms with Gasteiger partial charge < -0.3 is 5.11 Å². The summed E-state index contributed by atoms with van der Waals surface area (Å²) in [6, 6.07) is 0. The predicted molar refractivity (Wildman–Crippen MR) is 56.0 cm³/mol. The Kier molecular flexibility index (Phi) is 4.13. The second-order valence-corrected chi connectivity index (χ2v) is 5.20. The SMILES string of the molecule is C[C@@H](CCO)C1CCCC1I. The number of aliphatic hydroxyl groups excluding tert-OH is 1. The standard InChI is InChI=1S/C9H17IO/c1-7(5-6-11)8-3-2-4-9(8)10/h7-9,11H,2-6H2,1H3/t7-,8?,9?/m0/s1. The van der Waals surface area contributed by atoms with Gasteiger partial charge in [0.2, 0.25) is 0 Å². The molecular formula is C9H17IO. The molecule has 1 nitrogen and oxygen atoms in total. The summed E-state index contributed by atoms with van der Waals surface area (Å²) in [5, 5.41) is 8.78. The van der Waals surface area contributed by atoms with Gasteiger partial charge in [-0.15, -0.1) is 0 Å². The first kappa shape index (κ1) is 9.78. The fourth-order valence-electron chi connectivity index (χ4n) is 2.00. The molecule has 0 aromatic rings. The topological polar surface area (TPSA) is 20.2 Å². The summed E-state index contributed by atoms with van der Waals surface area (Å²) in [7, 11) is 0. The Balaban J connectivity index is 2.33. The average Bonchev–Trinajstić information content (AvgIpc) is 2.36. The molecule has 0 aromatic carbocycles. The van der Waals surface area contributed by atoms with Crippen LogP contribution in [-0.4, -0.2) is 15.6 Å². The molecule has 1 N–H and O–H groups in total. The van der Waals surface area contributed by atoms with Crippen molar-refractivity contribution in [2.45, 2.75) is 36.5 Å². The van der Waals surface area contributed by atoms with Crippen LogP contribution in [0.15, 0.2) is 0 Å². The molecule has 1 aliphatic rings. The molecule has 0 aliphatic heterocycles. The van der Waals surface area contributed by atoms with E-state index in [0.717, 1.165) is 22.2 Å². The van der Waals surface area contributed by atoms with E-state index in [2.05, 4.69) is 29.5 Å². The fourth-order valence-corrected chi connectivity index (χ4v) is 3.51. The highest BCUT2D eigenvalue weighted by molar-refractivity contribution is 14.1. The van der Waals surface area contributed by atoms with E-state index in [1.807, 2.05) is 0 Å². The molecule has 0 bridgehead atoms. The van der Waals surface area contributed by atoms with Crippen LogP contribution in [0.4, 0.5) is 0 Å². The molecule has 2 heteroatoms. The number of hydrogen-bond acceptors (Lipinski definition) is 1. The molecule has 1 saturated carbocycles. The molecule has 0 saturated heterocycles. The van der Waals surface area contributed by atoms with Crippen molar-refractivity contribution < 1.29 is 5.11 Å². The molecule has 0 amide bonds. The largest absolute Gasteiger partial charge is 0.396 e. The summed E-state index contributed by atoms with van der Waals surface area (Å²) in [5.74, 6) is 1.60. The molecule has 66 valence electrons. The summed E-state index contributed by atoms with van der Waals surface area (Å²) in [5.41, 5.74) is 0. The quantitative estimate of drug-likeness (QED) is 0.616. The molecule has 1 aliphatic carbocycles. The Morgan fingerprint density at radius 2 is 2.27 bits per heavy atom. The van der Waals surface area contributed by atoms with Crippen LogP contribution in [0, 0.1) is 11.8 Å². The van der Waals surface area contributed by atoms with Crippen molar-refractivity contribution in [2.24, 2.45) is 11.8 Å². The second-order valence-electron chi connectivity index (χ2n) is 3.60. The Morgan fingerprint density at radius 1 is 1.55 bits per heavy atom. The van der Waals surface area contributed by atoms with Crippen LogP contribution in [0.3, 0.4) is 0 Å². The maximum Gasteiger partial charge on any atom is 0.0433 e. The van der Waals surface area contributed by atoms with Gasteiger partial charge in [0.15, 0.2) is 0 Å². The Bertz CT molecular complexity index is 116. The zero-order chi connectivity index (χ0) is 8.27. The highest BCUT2D eigenvalue weighted by Crippen LogP contribution is 2.37. The number of hydrogen-bond donors (Lipinski definition) is 1.